The molecule has 2 atom stereocenters. The molecule has 0 bridgehead atoms. The maximum atomic E-state index is 12.3. The van der Waals surface area contributed by atoms with Gasteiger partial charge in [-0.2, -0.15) is 0 Å². The lowest BCUT2D eigenvalue weighted by Crippen LogP contribution is -2.32. The molecule has 0 spiro atoms. The second-order valence-electron chi connectivity index (χ2n) is 5.73. The molecule has 1 aliphatic carbocycles. The van der Waals surface area contributed by atoms with Crippen molar-refractivity contribution in [2.24, 2.45) is 0 Å². The number of phenols is 1. The number of Topliss-reactive ketones (excluding diaryl/α,β-unsaturated/α-hetero) is 1. The molecule has 3 aromatic rings. The molecule has 1 aliphatic rings. The number of phenolic OH excluding ortho intramolecular Hbond substituents is 1. The van der Waals surface area contributed by atoms with Crippen molar-refractivity contribution in [2.45, 2.75) is 12.2 Å². The van der Waals surface area contributed by atoms with Gasteiger partial charge >= 0.3 is 0 Å². The number of hydrogen-bond donors (Lipinski definition) is 3. The van der Waals surface area contributed by atoms with Gasteiger partial charge in [0.15, 0.2) is 5.78 Å². The Kier molecular flexibility index (Phi) is 2.98. The number of carbonyl (C=O) groups is 1. The van der Waals surface area contributed by atoms with Gasteiger partial charge in [0.25, 0.3) is 0 Å². The van der Waals surface area contributed by atoms with Gasteiger partial charge in [0.1, 0.15) is 18.0 Å². The third-order valence-electron chi connectivity index (χ3n) is 4.39. The van der Waals surface area contributed by atoms with Crippen molar-refractivity contribution in [3.63, 3.8) is 0 Å². The van der Waals surface area contributed by atoms with Gasteiger partial charge < -0.3 is 15.3 Å². The highest BCUT2D eigenvalue weighted by Gasteiger charge is 2.36. The number of ketones is 1. The number of carbonyl (C=O) groups excluding carboxylic acids is 1. The molecule has 3 N–H and O–H groups in total. The second-order valence-corrected chi connectivity index (χ2v) is 5.73. The lowest BCUT2D eigenvalue weighted by Gasteiger charge is -2.28. The van der Waals surface area contributed by atoms with E-state index >= 15 is 0 Å². The molecule has 0 aromatic heterocycles. The predicted octanol–water partition coefficient (Wildman–Crippen LogP) is 2.80. The molecule has 0 amide bonds. The quantitative estimate of drug-likeness (QED) is 0.646. The number of aliphatic hydroxyl groups excluding tert-OH is 2. The average molecular weight is 306 g/mol. The zero-order valence-corrected chi connectivity index (χ0v) is 12.1. The Morgan fingerprint density at radius 1 is 0.783 bits per heavy atom. The Morgan fingerprint density at radius 2 is 1.52 bits per heavy atom. The van der Waals surface area contributed by atoms with Crippen molar-refractivity contribution >= 4 is 16.6 Å². The Bertz CT molecular complexity index is 928. The van der Waals surface area contributed by atoms with E-state index in [2.05, 4.69) is 0 Å². The van der Waals surface area contributed by atoms with Gasteiger partial charge in [-0.05, 0) is 39.6 Å². The fourth-order valence-electron chi connectivity index (χ4n) is 3.27. The highest BCUT2D eigenvalue weighted by atomic mass is 16.3. The van der Waals surface area contributed by atoms with E-state index in [0.717, 1.165) is 16.5 Å². The smallest absolute Gasteiger partial charge is 0.194 e. The molecule has 0 unspecified atom stereocenters. The monoisotopic (exact) mass is 306 g/mol. The first-order valence-corrected chi connectivity index (χ1v) is 7.33. The summed E-state index contributed by atoms with van der Waals surface area (Å²) in [6.07, 6.45) is -2.74. The first-order chi connectivity index (χ1) is 11.1. The molecule has 0 heterocycles. The number of benzene rings is 3. The van der Waals surface area contributed by atoms with E-state index in [1.807, 2.05) is 18.2 Å². The van der Waals surface area contributed by atoms with Crippen molar-refractivity contribution in [3.05, 3.63) is 65.7 Å². The van der Waals surface area contributed by atoms with Gasteiger partial charge in [-0.1, -0.05) is 42.5 Å². The molecular formula is C19H14O4. The van der Waals surface area contributed by atoms with Crippen LogP contribution in [0.4, 0.5) is 0 Å². The van der Waals surface area contributed by atoms with Gasteiger partial charge in [0.2, 0.25) is 0 Å². The van der Waals surface area contributed by atoms with E-state index in [1.54, 1.807) is 36.4 Å². The van der Waals surface area contributed by atoms with E-state index in [0.29, 0.717) is 16.5 Å². The highest BCUT2D eigenvalue weighted by Crippen LogP contribution is 2.41. The molecule has 4 nitrogen and oxygen atoms in total. The zero-order chi connectivity index (χ0) is 16.1. The van der Waals surface area contributed by atoms with E-state index < -0.39 is 18.0 Å². The third-order valence-corrected chi connectivity index (χ3v) is 4.39. The molecule has 0 fully saturated rings. The van der Waals surface area contributed by atoms with E-state index in [9.17, 15) is 20.1 Å². The van der Waals surface area contributed by atoms with Crippen molar-refractivity contribution in [1.29, 1.82) is 0 Å². The normalized spacial score (nSPS) is 20.0. The zero-order valence-electron chi connectivity index (χ0n) is 12.1. The standard InChI is InChI=1S/C19H14O4/c20-12-7-4-10(5-8-12)13-9-6-11-2-1-3-14-15(11)16(13)18(22)19(23)17(14)21/h1-9,18-20,22-23H/t18-,19-/m1/s1. The van der Waals surface area contributed by atoms with Crippen molar-refractivity contribution < 1.29 is 20.1 Å². The van der Waals surface area contributed by atoms with Crippen LogP contribution < -0.4 is 0 Å². The molecule has 3 aromatic carbocycles. The van der Waals surface area contributed by atoms with E-state index in [4.69, 9.17) is 0 Å². The van der Waals surface area contributed by atoms with Crippen LogP contribution in [0.2, 0.25) is 0 Å². The summed E-state index contributed by atoms with van der Waals surface area (Å²) < 4.78 is 0. The molecule has 23 heavy (non-hydrogen) atoms. The minimum Gasteiger partial charge on any atom is -0.508 e. The predicted molar refractivity (Wildman–Crippen MR) is 86.3 cm³/mol. The summed E-state index contributed by atoms with van der Waals surface area (Å²) in [5.74, 6) is -0.307. The Hall–Kier alpha value is -2.69. The maximum Gasteiger partial charge on any atom is 0.194 e. The van der Waals surface area contributed by atoms with Gasteiger partial charge in [-0.3, -0.25) is 4.79 Å². The van der Waals surface area contributed by atoms with Crippen LogP contribution >= 0.6 is 0 Å². The molecule has 4 rings (SSSR count). The van der Waals surface area contributed by atoms with Crippen LogP contribution in [-0.2, 0) is 0 Å². The first-order valence-electron chi connectivity index (χ1n) is 7.33. The summed E-state index contributed by atoms with van der Waals surface area (Å²) >= 11 is 0. The van der Waals surface area contributed by atoms with Gasteiger partial charge in [0.05, 0.1) is 0 Å². The Balaban J connectivity index is 2.09. The minimum absolute atomic E-state index is 0.152. The van der Waals surface area contributed by atoms with Crippen molar-refractivity contribution in [2.75, 3.05) is 0 Å². The Morgan fingerprint density at radius 3 is 2.26 bits per heavy atom. The molecule has 0 aliphatic heterocycles. The summed E-state index contributed by atoms with van der Waals surface area (Å²) in [5, 5.41) is 31.6. The van der Waals surface area contributed by atoms with Crippen LogP contribution in [0.5, 0.6) is 5.75 Å². The fourth-order valence-corrected chi connectivity index (χ4v) is 3.27. The van der Waals surface area contributed by atoms with E-state index in [1.165, 1.54) is 0 Å². The molecular weight excluding hydrogens is 292 g/mol. The Labute approximate surface area is 132 Å². The van der Waals surface area contributed by atoms with Gasteiger partial charge in [-0.15, -0.1) is 0 Å². The second kappa shape index (κ2) is 4.91. The molecule has 114 valence electrons. The first kappa shape index (κ1) is 13.9. The lowest BCUT2D eigenvalue weighted by atomic mass is 9.80. The van der Waals surface area contributed by atoms with Crippen molar-refractivity contribution in [3.8, 4) is 16.9 Å². The van der Waals surface area contributed by atoms with Crippen LogP contribution in [-0.4, -0.2) is 27.2 Å². The van der Waals surface area contributed by atoms with Gasteiger partial charge in [0, 0.05) is 5.56 Å². The SMILES string of the molecule is O=C1c2cccc3ccc(-c4ccc(O)cc4)c(c23)[C@@H](O)[C@@H]1O. The summed E-state index contributed by atoms with van der Waals surface area (Å²) in [7, 11) is 0. The molecule has 0 radical (unpaired) electrons. The maximum absolute atomic E-state index is 12.3. The number of aliphatic hydroxyl groups is 2. The summed E-state index contributed by atoms with van der Waals surface area (Å²) in [5.41, 5.74) is 2.52. The fraction of sp³-hybridized carbons (Fsp3) is 0.105. The third kappa shape index (κ3) is 1.96. The number of aromatic hydroxyl groups is 1. The van der Waals surface area contributed by atoms with Crippen LogP contribution in [0.3, 0.4) is 0 Å². The van der Waals surface area contributed by atoms with Crippen LogP contribution in [0.25, 0.3) is 21.9 Å². The number of hydrogen-bond acceptors (Lipinski definition) is 4. The summed E-state index contributed by atoms with van der Waals surface area (Å²) in [6, 6.07) is 15.7. The summed E-state index contributed by atoms with van der Waals surface area (Å²) in [6.45, 7) is 0. The summed E-state index contributed by atoms with van der Waals surface area (Å²) in [4.78, 5) is 12.3. The highest BCUT2D eigenvalue weighted by molar-refractivity contribution is 6.15. The number of rotatable bonds is 1. The van der Waals surface area contributed by atoms with Crippen LogP contribution in [0, 0.1) is 0 Å². The van der Waals surface area contributed by atoms with Crippen LogP contribution in [0.15, 0.2) is 54.6 Å². The van der Waals surface area contributed by atoms with Gasteiger partial charge in [-0.25, -0.2) is 0 Å². The lowest BCUT2D eigenvalue weighted by molar-refractivity contribution is 0.0195. The molecule has 0 saturated carbocycles. The molecule has 0 saturated heterocycles. The van der Waals surface area contributed by atoms with Crippen molar-refractivity contribution in [1.82, 2.24) is 0 Å². The topological polar surface area (TPSA) is 77.8 Å². The average Bonchev–Trinajstić information content (AvgIpc) is 2.58. The van der Waals surface area contributed by atoms with Crippen LogP contribution in [0.1, 0.15) is 22.0 Å². The molecule has 4 heteroatoms. The van der Waals surface area contributed by atoms with E-state index in [-0.39, 0.29) is 5.75 Å². The largest absolute Gasteiger partial charge is 0.508 e. The minimum atomic E-state index is -1.47.